The lowest BCUT2D eigenvalue weighted by molar-refractivity contribution is -0.138. The highest BCUT2D eigenvalue weighted by molar-refractivity contribution is 5.38. The molecular formula is C13H16F3N. The third-order valence-electron chi connectivity index (χ3n) is 3.20. The summed E-state index contributed by atoms with van der Waals surface area (Å²) in [6, 6.07) is 4.51. The molecule has 0 fully saturated rings. The van der Waals surface area contributed by atoms with Crippen molar-refractivity contribution in [1.29, 1.82) is 0 Å². The Hall–Kier alpha value is -1.03. The van der Waals surface area contributed by atoms with Gasteiger partial charge >= 0.3 is 6.18 Å². The molecule has 1 aliphatic rings. The first kappa shape index (κ1) is 12.4. The van der Waals surface area contributed by atoms with Crippen LogP contribution in [-0.4, -0.2) is 18.0 Å². The minimum atomic E-state index is -4.24. The highest BCUT2D eigenvalue weighted by Gasteiger charge is 2.35. The van der Waals surface area contributed by atoms with E-state index in [2.05, 4.69) is 4.90 Å². The molecule has 1 nitrogen and oxygen atoms in total. The standard InChI is InChI=1S/C13H16F3N/c1-2-7-17-8-6-10-4-3-5-12(11(10)9-17)13(14,15)16/h3-5H,2,6-9H2,1H3. The van der Waals surface area contributed by atoms with Crippen molar-refractivity contribution in [3.63, 3.8) is 0 Å². The zero-order valence-corrected chi connectivity index (χ0v) is 9.85. The van der Waals surface area contributed by atoms with Crippen molar-refractivity contribution in [2.75, 3.05) is 13.1 Å². The van der Waals surface area contributed by atoms with Crippen LogP contribution in [0, 0.1) is 0 Å². The molecular weight excluding hydrogens is 227 g/mol. The molecule has 0 aromatic heterocycles. The summed E-state index contributed by atoms with van der Waals surface area (Å²) in [5, 5.41) is 0. The number of alkyl halides is 3. The number of rotatable bonds is 2. The molecule has 0 bridgehead atoms. The monoisotopic (exact) mass is 243 g/mol. The number of hydrogen-bond donors (Lipinski definition) is 0. The molecule has 1 heterocycles. The molecule has 0 saturated heterocycles. The lowest BCUT2D eigenvalue weighted by Gasteiger charge is -2.30. The number of benzene rings is 1. The van der Waals surface area contributed by atoms with Crippen molar-refractivity contribution >= 4 is 0 Å². The fourth-order valence-corrected chi connectivity index (χ4v) is 2.41. The topological polar surface area (TPSA) is 3.24 Å². The fraction of sp³-hybridized carbons (Fsp3) is 0.538. The van der Waals surface area contributed by atoms with Crippen LogP contribution >= 0.6 is 0 Å². The van der Waals surface area contributed by atoms with Crippen LogP contribution in [0.4, 0.5) is 13.2 Å². The first-order valence-corrected chi connectivity index (χ1v) is 5.92. The van der Waals surface area contributed by atoms with Gasteiger partial charge in [-0.25, -0.2) is 0 Å². The van der Waals surface area contributed by atoms with Crippen LogP contribution in [0.5, 0.6) is 0 Å². The van der Waals surface area contributed by atoms with E-state index in [1.165, 1.54) is 12.1 Å². The molecule has 0 amide bonds. The van der Waals surface area contributed by atoms with E-state index in [9.17, 15) is 13.2 Å². The van der Waals surface area contributed by atoms with Gasteiger partial charge in [-0.15, -0.1) is 0 Å². The second kappa shape index (κ2) is 4.69. The molecule has 0 unspecified atom stereocenters. The highest BCUT2D eigenvalue weighted by atomic mass is 19.4. The second-order valence-corrected chi connectivity index (χ2v) is 4.47. The van der Waals surface area contributed by atoms with Crippen LogP contribution in [0.25, 0.3) is 0 Å². The van der Waals surface area contributed by atoms with E-state index < -0.39 is 11.7 Å². The lowest BCUT2D eigenvalue weighted by Crippen LogP contribution is -2.32. The van der Waals surface area contributed by atoms with E-state index in [1.54, 1.807) is 0 Å². The summed E-state index contributed by atoms with van der Waals surface area (Å²) in [7, 11) is 0. The fourth-order valence-electron chi connectivity index (χ4n) is 2.41. The summed E-state index contributed by atoms with van der Waals surface area (Å²) < 4.78 is 38.6. The molecule has 2 rings (SSSR count). The predicted octanol–water partition coefficient (Wildman–Crippen LogP) is 3.47. The van der Waals surface area contributed by atoms with Crippen LogP contribution in [-0.2, 0) is 19.1 Å². The Balaban J connectivity index is 2.33. The van der Waals surface area contributed by atoms with Gasteiger partial charge in [0, 0.05) is 13.1 Å². The van der Waals surface area contributed by atoms with Crippen molar-refractivity contribution < 1.29 is 13.2 Å². The highest BCUT2D eigenvalue weighted by Crippen LogP contribution is 2.35. The quantitative estimate of drug-likeness (QED) is 0.768. The number of fused-ring (bicyclic) bond motifs is 1. The molecule has 0 radical (unpaired) electrons. The first-order valence-electron chi connectivity index (χ1n) is 5.92. The number of nitrogens with zero attached hydrogens (tertiary/aromatic N) is 1. The summed E-state index contributed by atoms with van der Waals surface area (Å²) in [6.45, 7) is 4.21. The van der Waals surface area contributed by atoms with Gasteiger partial charge in [0.1, 0.15) is 0 Å². The third kappa shape index (κ3) is 2.63. The van der Waals surface area contributed by atoms with Crippen LogP contribution in [0.3, 0.4) is 0 Å². The predicted molar refractivity (Wildman–Crippen MR) is 60.7 cm³/mol. The molecule has 0 N–H and O–H groups in total. The van der Waals surface area contributed by atoms with Crippen LogP contribution in [0.15, 0.2) is 18.2 Å². The Bertz CT molecular complexity index is 398. The average molecular weight is 243 g/mol. The van der Waals surface area contributed by atoms with Gasteiger partial charge in [-0.05, 0) is 36.6 Å². The number of halogens is 3. The Morgan fingerprint density at radius 1 is 1.29 bits per heavy atom. The normalized spacial score (nSPS) is 16.9. The molecule has 0 aliphatic carbocycles. The summed E-state index contributed by atoms with van der Waals surface area (Å²) in [5.41, 5.74) is 0.864. The maximum absolute atomic E-state index is 12.9. The summed E-state index contributed by atoms with van der Waals surface area (Å²) in [4.78, 5) is 2.09. The van der Waals surface area contributed by atoms with Crippen molar-refractivity contribution in [3.8, 4) is 0 Å². The molecule has 0 spiro atoms. The molecule has 1 aromatic carbocycles. The zero-order valence-electron chi connectivity index (χ0n) is 9.85. The van der Waals surface area contributed by atoms with Crippen LogP contribution < -0.4 is 0 Å². The van der Waals surface area contributed by atoms with Crippen molar-refractivity contribution in [3.05, 3.63) is 34.9 Å². The summed E-state index contributed by atoms with van der Waals surface area (Å²) >= 11 is 0. The molecule has 94 valence electrons. The first-order chi connectivity index (χ1) is 8.02. The Labute approximate surface area is 99.2 Å². The summed E-state index contributed by atoms with van der Waals surface area (Å²) in [5.74, 6) is 0. The van der Waals surface area contributed by atoms with E-state index in [4.69, 9.17) is 0 Å². The molecule has 17 heavy (non-hydrogen) atoms. The number of hydrogen-bond acceptors (Lipinski definition) is 1. The zero-order chi connectivity index (χ0) is 12.5. The third-order valence-corrected chi connectivity index (χ3v) is 3.20. The van der Waals surface area contributed by atoms with E-state index in [-0.39, 0.29) is 0 Å². The smallest absolute Gasteiger partial charge is 0.299 e. The van der Waals surface area contributed by atoms with Crippen LogP contribution in [0.1, 0.15) is 30.0 Å². The minimum absolute atomic E-state index is 0.429. The van der Waals surface area contributed by atoms with Gasteiger partial charge in [0.2, 0.25) is 0 Å². The lowest BCUT2D eigenvalue weighted by atomic mass is 9.94. The summed E-state index contributed by atoms with van der Waals surface area (Å²) in [6.07, 6.45) is -2.54. The van der Waals surface area contributed by atoms with E-state index in [0.717, 1.165) is 31.5 Å². The minimum Gasteiger partial charge on any atom is -0.299 e. The molecule has 1 aromatic rings. The van der Waals surface area contributed by atoms with Crippen molar-refractivity contribution in [2.45, 2.75) is 32.5 Å². The van der Waals surface area contributed by atoms with Gasteiger partial charge in [0.15, 0.2) is 0 Å². The molecule has 0 atom stereocenters. The molecule has 0 saturated carbocycles. The Morgan fingerprint density at radius 2 is 2.06 bits per heavy atom. The van der Waals surface area contributed by atoms with E-state index in [1.807, 2.05) is 13.0 Å². The van der Waals surface area contributed by atoms with Crippen molar-refractivity contribution in [2.24, 2.45) is 0 Å². The van der Waals surface area contributed by atoms with Gasteiger partial charge in [-0.3, -0.25) is 4.90 Å². The van der Waals surface area contributed by atoms with Gasteiger partial charge < -0.3 is 0 Å². The van der Waals surface area contributed by atoms with Gasteiger partial charge in [-0.1, -0.05) is 19.1 Å². The molecule has 4 heteroatoms. The van der Waals surface area contributed by atoms with Gasteiger partial charge in [0.25, 0.3) is 0 Å². The van der Waals surface area contributed by atoms with Gasteiger partial charge in [-0.2, -0.15) is 13.2 Å². The SMILES string of the molecule is CCCN1CCc2cccc(C(F)(F)F)c2C1. The van der Waals surface area contributed by atoms with Crippen molar-refractivity contribution in [1.82, 2.24) is 4.90 Å². The maximum atomic E-state index is 12.9. The second-order valence-electron chi connectivity index (χ2n) is 4.47. The van der Waals surface area contributed by atoms with E-state index >= 15 is 0 Å². The largest absolute Gasteiger partial charge is 0.416 e. The Kier molecular flexibility index (Phi) is 3.43. The van der Waals surface area contributed by atoms with E-state index in [0.29, 0.717) is 12.1 Å². The Morgan fingerprint density at radius 3 is 2.71 bits per heavy atom. The average Bonchev–Trinajstić information content (AvgIpc) is 2.27. The molecule has 1 aliphatic heterocycles. The maximum Gasteiger partial charge on any atom is 0.416 e. The van der Waals surface area contributed by atoms with Gasteiger partial charge in [0.05, 0.1) is 5.56 Å². The van der Waals surface area contributed by atoms with Crippen LogP contribution in [0.2, 0.25) is 0 Å².